The molecule has 3 aromatic carbocycles. The molecule has 0 aliphatic heterocycles. The van der Waals surface area contributed by atoms with Crippen molar-refractivity contribution in [1.82, 2.24) is 4.98 Å². The lowest BCUT2D eigenvalue weighted by Gasteiger charge is -2.02. The van der Waals surface area contributed by atoms with Crippen LogP contribution in [0.5, 0.6) is 0 Å². The summed E-state index contributed by atoms with van der Waals surface area (Å²) in [5.74, 6) is 0. The maximum absolute atomic E-state index is 4.57. The van der Waals surface area contributed by atoms with Gasteiger partial charge in [-0.3, -0.25) is 0 Å². The van der Waals surface area contributed by atoms with E-state index < -0.39 is 0 Å². The summed E-state index contributed by atoms with van der Waals surface area (Å²) in [5, 5.41) is 12.7. The molecule has 0 saturated carbocycles. The number of fused-ring (bicyclic) bond motifs is 1. The summed E-state index contributed by atoms with van der Waals surface area (Å²) in [4.78, 5) is 4.57. The van der Waals surface area contributed by atoms with Crippen LogP contribution in [0.15, 0.2) is 89.1 Å². The van der Waals surface area contributed by atoms with Crippen LogP contribution in [0.1, 0.15) is 0 Å². The lowest BCUT2D eigenvalue weighted by molar-refractivity contribution is 1.23. The van der Waals surface area contributed by atoms with Gasteiger partial charge in [-0.1, -0.05) is 41.7 Å². The highest BCUT2D eigenvalue weighted by Gasteiger charge is 2.03. The van der Waals surface area contributed by atoms with Gasteiger partial charge in [-0.15, -0.1) is 0 Å². The minimum atomic E-state index is 0.814. The summed E-state index contributed by atoms with van der Waals surface area (Å²) in [6.07, 6.45) is 0. The molecule has 0 unspecified atom stereocenters. The topological polar surface area (TPSA) is 49.6 Å². The molecule has 1 heterocycles. The first-order chi connectivity index (χ1) is 11.9. The number of hydrogen-bond donors (Lipinski definition) is 1. The molecule has 24 heavy (non-hydrogen) atoms. The number of anilines is 2. The summed E-state index contributed by atoms with van der Waals surface area (Å²) in [6, 6.07) is 25.6. The third-order valence-electron chi connectivity index (χ3n) is 3.45. The van der Waals surface area contributed by atoms with Crippen LogP contribution in [-0.2, 0) is 0 Å². The molecule has 0 amide bonds. The Hall–Kier alpha value is -3.05. The van der Waals surface area contributed by atoms with E-state index in [1.54, 1.807) is 11.3 Å². The predicted octanol–water partition coefficient (Wildman–Crippen LogP) is 6.46. The SMILES string of the molecule is c1ccc(N=Nc2ccc(Nc3nc4ccccc4s3)cc2)cc1. The summed E-state index contributed by atoms with van der Waals surface area (Å²) >= 11 is 1.64. The maximum atomic E-state index is 4.57. The van der Waals surface area contributed by atoms with E-state index >= 15 is 0 Å². The van der Waals surface area contributed by atoms with Gasteiger partial charge in [0, 0.05) is 5.69 Å². The van der Waals surface area contributed by atoms with E-state index in [2.05, 4.69) is 26.6 Å². The fourth-order valence-electron chi connectivity index (χ4n) is 2.27. The Kier molecular flexibility index (Phi) is 4.00. The van der Waals surface area contributed by atoms with Crippen molar-refractivity contribution in [3.63, 3.8) is 0 Å². The van der Waals surface area contributed by atoms with Crippen LogP contribution in [0.3, 0.4) is 0 Å². The molecule has 4 nitrogen and oxygen atoms in total. The number of benzene rings is 3. The number of aromatic nitrogens is 1. The van der Waals surface area contributed by atoms with Crippen LogP contribution < -0.4 is 5.32 Å². The van der Waals surface area contributed by atoms with Crippen molar-refractivity contribution < 1.29 is 0 Å². The standard InChI is InChI=1S/C19H14N4S/c1-2-6-15(7-3-1)22-23-16-12-10-14(11-13-16)20-19-21-17-8-4-5-9-18(17)24-19/h1-13H,(H,20,21). The van der Waals surface area contributed by atoms with E-state index in [0.29, 0.717) is 0 Å². The Morgan fingerprint density at radius 1 is 0.708 bits per heavy atom. The Balaban J connectivity index is 1.48. The molecule has 4 aromatic rings. The minimum Gasteiger partial charge on any atom is -0.332 e. The van der Waals surface area contributed by atoms with Crippen LogP contribution in [0, 0.1) is 0 Å². The van der Waals surface area contributed by atoms with Crippen molar-refractivity contribution >= 4 is 43.7 Å². The zero-order chi connectivity index (χ0) is 16.2. The second kappa shape index (κ2) is 6.60. The fourth-order valence-corrected chi connectivity index (χ4v) is 3.16. The summed E-state index contributed by atoms with van der Waals surface area (Å²) < 4.78 is 1.17. The van der Waals surface area contributed by atoms with Gasteiger partial charge in [-0.25, -0.2) is 4.98 Å². The molecular formula is C19H14N4S. The highest BCUT2D eigenvalue weighted by Crippen LogP contribution is 2.28. The molecule has 0 fully saturated rings. The molecular weight excluding hydrogens is 316 g/mol. The van der Waals surface area contributed by atoms with Gasteiger partial charge in [0.05, 0.1) is 21.6 Å². The highest BCUT2D eigenvalue weighted by atomic mass is 32.1. The zero-order valence-electron chi connectivity index (χ0n) is 12.8. The third kappa shape index (κ3) is 3.31. The summed E-state index contributed by atoms with van der Waals surface area (Å²) in [6.45, 7) is 0. The Bertz CT molecular complexity index is 942. The average Bonchev–Trinajstić information content (AvgIpc) is 3.04. The van der Waals surface area contributed by atoms with Crippen LogP contribution >= 0.6 is 11.3 Å². The number of thiazole rings is 1. The molecule has 0 radical (unpaired) electrons. The first kappa shape index (κ1) is 14.5. The second-order valence-electron chi connectivity index (χ2n) is 5.19. The Morgan fingerprint density at radius 2 is 1.38 bits per heavy atom. The molecule has 0 atom stereocenters. The van der Waals surface area contributed by atoms with Gasteiger partial charge in [-0.05, 0) is 48.5 Å². The molecule has 5 heteroatoms. The first-order valence-electron chi connectivity index (χ1n) is 7.56. The summed E-state index contributed by atoms with van der Waals surface area (Å²) in [7, 11) is 0. The molecule has 0 aliphatic carbocycles. The van der Waals surface area contributed by atoms with Gasteiger partial charge in [0.15, 0.2) is 5.13 Å². The largest absolute Gasteiger partial charge is 0.332 e. The van der Waals surface area contributed by atoms with Crippen molar-refractivity contribution in [2.45, 2.75) is 0 Å². The molecule has 0 bridgehead atoms. The molecule has 0 spiro atoms. The number of nitrogens with zero attached hydrogens (tertiary/aromatic N) is 3. The Morgan fingerprint density at radius 3 is 2.12 bits per heavy atom. The number of para-hydroxylation sites is 1. The lowest BCUT2D eigenvalue weighted by atomic mass is 10.3. The van der Waals surface area contributed by atoms with Gasteiger partial charge >= 0.3 is 0 Å². The van der Waals surface area contributed by atoms with Crippen molar-refractivity contribution in [1.29, 1.82) is 0 Å². The summed E-state index contributed by atoms with van der Waals surface area (Å²) in [5.41, 5.74) is 3.65. The smallest absolute Gasteiger partial charge is 0.188 e. The van der Waals surface area contributed by atoms with Gasteiger partial charge in [0.25, 0.3) is 0 Å². The van der Waals surface area contributed by atoms with E-state index in [1.807, 2.05) is 72.8 Å². The van der Waals surface area contributed by atoms with E-state index in [4.69, 9.17) is 0 Å². The number of rotatable bonds is 4. The fraction of sp³-hybridized carbons (Fsp3) is 0. The number of hydrogen-bond acceptors (Lipinski definition) is 5. The van der Waals surface area contributed by atoms with Crippen molar-refractivity contribution in [2.24, 2.45) is 10.2 Å². The minimum absolute atomic E-state index is 0.814. The maximum Gasteiger partial charge on any atom is 0.188 e. The van der Waals surface area contributed by atoms with Crippen LogP contribution in [0.25, 0.3) is 10.2 Å². The molecule has 1 aromatic heterocycles. The number of nitrogens with one attached hydrogen (secondary N) is 1. The first-order valence-corrected chi connectivity index (χ1v) is 8.38. The molecule has 1 N–H and O–H groups in total. The van der Waals surface area contributed by atoms with Gasteiger partial charge in [-0.2, -0.15) is 10.2 Å². The second-order valence-corrected chi connectivity index (χ2v) is 6.22. The molecule has 4 rings (SSSR count). The number of azo groups is 1. The van der Waals surface area contributed by atoms with Crippen molar-refractivity contribution in [3.8, 4) is 0 Å². The van der Waals surface area contributed by atoms with Gasteiger partial charge < -0.3 is 5.32 Å². The van der Waals surface area contributed by atoms with E-state index in [9.17, 15) is 0 Å². The molecule has 116 valence electrons. The van der Waals surface area contributed by atoms with E-state index in [-0.39, 0.29) is 0 Å². The van der Waals surface area contributed by atoms with Gasteiger partial charge in [0.2, 0.25) is 0 Å². The predicted molar refractivity (Wildman–Crippen MR) is 100.0 cm³/mol. The van der Waals surface area contributed by atoms with Crippen LogP contribution in [-0.4, -0.2) is 4.98 Å². The van der Waals surface area contributed by atoms with Crippen LogP contribution in [0.4, 0.5) is 22.2 Å². The highest BCUT2D eigenvalue weighted by molar-refractivity contribution is 7.22. The van der Waals surface area contributed by atoms with Crippen molar-refractivity contribution in [2.75, 3.05) is 5.32 Å². The lowest BCUT2D eigenvalue weighted by Crippen LogP contribution is -1.87. The van der Waals surface area contributed by atoms with Crippen LogP contribution in [0.2, 0.25) is 0 Å². The van der Waals surface area contributed by atoms with Gasteiger partial charge in [0.1, 0.15) is 0 Å². The molecule has 0 aliphatic rings. The normalized spacial score (nSPS) is 11.2. The van der Waals surface area contributed by atoms with E-state index in [0.717, 1.165) is 27.7 Å². The monoisotopic (exact) mass is 330 g/mol. The average molecular weight is 330 g/mol. The van der Waals surface area contributed by atoms with Crippen molar-refractivity contribution in [3.05, 3.63) is 78.9 Å². The Labute approximate surface area is 143 Å². The molecule has 0 saturated heterocycles. The third-order valence-corrected chi connectivity index (χ3v) is 4.40. The quantitative estimate of drug-likeness (QED) is 0.437. The zero-order valence-corrected chi connectivity index (χ0v) is 13.6. The van der Waals surface area contributed by atoms with E-state index in [1.165, 1.54) is 4.70 Å².